The van der Waals surface area contributed by atoms with Crippen LogP contribution < -0.4 is 14.8 Å². The Bertz CT molecular complexity index is 717. The number of ether oxygens (including phenoxy) is 2. The first-order chi connectivity index (χ1) is 11.6. The molecule has 6 nitrogen and oxygen atoms in total. The lowest BCUT2D eigenvalue weighted by molar-refractivity contribution is -0.120. The second kappa shape index (κ2) is 8.52. The van der Waals surface area contributed by atoms with Crippen LogP contribution in [0.25, 0.3) is 0 Å². The standard InChI is InChI=1S/C17H17FN2O4/c1-22-15-7-8-16(23-2)12(9-15)10-19-24-11-17(21)20-14-5-3-13(18)4-6-14/h3-10H,11H2,1-2H3,(H,20,21)/b19-10+. The molecular formula is C17H17FN2O4. The molecule has 0 saturated carbocycles. The van der Waals surface area contributed by atoms with Gasteiger partial charge in [0.25, 0.3) is 5.91 Å². The Morgan fingerprint density at radius 2 is 1.92 bits per heavy atom. The first-order valence-electron chi connectivity index (χ1n) is 7.05. The molecule has 2 aromatic carbocycles. The van der Waals surface area contributed by atoms with Crippen LogP contribution in [-0.2, 0) is 9.63 Å². The molecule has 0 fully saturated rings. The summed E-state index contributed by atoms with van der Waals surface area (Å²) in [6.07, 6.45) is 1.42. The van der Waals surface area contributed by atoms with E-state index in [2.05, 4.69) is 10.5 Å². The van der Waals surface area contributed by atoms with Crippen molar-refractivity contribution >= 4 is 17.8 Å². The number of hydrogen-bond acceptors (Lipinski definition) is 5. The average Bonchev–Trinajstić information content (AvgIpc) is 2.60. The number of methoxy groups -OCH3 is 2. The third kappa shape index (κ3) is 4.98. The molecule has 7 heteroatoms. The fraction of sp³-hybridized carbons (Fsp3) is 0.176. The predicted octanol–water partition coefficient (Wildman–Crippen LogP) is 2.83. The number of anilines is 1. The van der Waals surface area contributed by atoms with Crippen LogP contribution in [-0.4, -0.2) is 32.9 Å². The van der Waals surface area contributed by atoms with Gasteiger partial charge in [0.2, 0.25) is 0 Å². The maximum Gasteiger partial charge on any atom is 0.265 e. The molecule has 24 heavy (non-hydrogen) atoms. The number of halogens is 1. The minimum Gasteiger partial charge on any atom is -0.497 e. The lowest BCUT2D eigenvalue weighted by atomic mass is 10.2. The SMILES string of the molecule is COc1ccc(OC)c(/C=N/OCC(=O)Nc2ccc(F)cc2)c1. The van der Waals surface area contributed by atoms with Crippen LogP contribution >= 0.6 is 0 Å². The molecule has 0 heterocycles. The molecule has 0 atom stereocenters. The summed E-state index contributed by atoms with van der Waals surface area (Å²) in [4.78, 5) is 16.6. The number of benzene rings is 2. The summed E-state index contributed by atoms with van der Waals surface area (Å²) in [6.45, 7) is -0.278. The van der Waals surface area contributed by atoms with E-state index in [0.29, 0.717) is 22.7 Å². The Morgan fingerprint density at radius 1 is 1.17 bits per heavy atom. The second-order valence-corrected chi connectivity index (χ2v) is 4.67. The zero-order chi connectivity index (χ0) is 17.4. The molecule has 2 aromatic rings. The maximum atomic E-state index is 12.8. The minimum atomic E-state index is -0.406. The zero-order valence-corrected chi connectivity index (χ0v) is 13.3. The summed E-state index contributed by atoms with van der Waals surface area (Å²) in [7, 11) is 3.09. The molecule has 0 saturated heterocycles. The first-order valence-corrected chi connectivity index (χ1v) is 7.05. The van der Waals surface area contributed by atoms with E-state index in [-0.39, 0.29) is 12.4 Å². The van der Waals surface area contributed by atoms with E-state index < -0.39 is 5.91 Å². The minimum absolute atomic E-state index is 0.278. The maximum absolute atomic E-state index is 12.8. The van der Waals surface area contributed by atoms with Crippen molar-refractivity contribution in [2.45, 2.75) is 0 Å². The highest BCUT2D eigenvalue weighted by Gasteiger charge is 2.04. The van der Waals surface area contributed by atoms with Gasteiger partial charge >= 0.3 is 0 Å². The second-order valence-electron chi connectivity index (χ2n) is 4.67. The van der Waals surface area contributed by atoms with E-state index >= 15 is 0 Å². The number of hydrogen-bond donors (Lipinski definition) is 1. The largest absolute Gasteiger partial charge is 0.497 e. The van der Waals surface area contributed by atoms with Gasteiger partial charge in [-0.25, -0.2) is 4.39 Å². The van der Waals surface area contributed by atoms with Gasteiger partial charge in [-0.1, -0.05) is 5.16 Å². The highest BCUT2D eigenvalue weighted by atomic mass is 19.1. The molecule has 1 amide bonds. The quantitative estimate of drug-likeness (QED) is 0.625. The van der Waals surface area contributed by atoms with Crippen molar-refractivity contribution < 1.29 is 23.5 Å². The van der Waals surface area contributed by atoms with Gasteiger partial charge < -0.3 is 19.6 Å². The Morgan fingerprint density at radius 3 is 2.58 bits per heavy atom. The number of nitrogens with zero attached hydrogens (tertiary/aromatic N) is 1. The van der Waals surface area contributed by atoms with E-state index in [1.54, 1.807) is 25.3 Å². The van der Waals surface area contributed by atoms with Crippen LogP contribution in [0, 0.1) is 5.82 Å². The molecule has 0 spiro atoms. The average molecular weight is 332 g/mol. The number of nitrogens with one attached hydrogen (secondary N) is 1. The van der Waals surface area contributed by atoms with Crippen molar-refractivity contribution in [3.63, 3.8) is 0 Å². The molecule has 0 aromatic heterocycles. The van der Waals surface area contributed by atoms with Crippen LogP contribution in [0.3, 0.4) is 0 Å². The summed E-state index contributed by atoms with van der Waals surface area (Å²) in [6, 6.07) is 10.6. The smallest absolute Gasteiger partial charge is 0.265 e. The van der Waals surface area contributed by atoms with Crippen molar-refractivity contribution in [3.8, 4) is 11.5 Å². The van der Waals surface area contributed by atoms with E-state index in [0.717, 1.165) is 0 Å². The Labute approximate surface area is 138 Å². The number of rotatable bonds is 7. The highest BCUT2D eigenvalue weighted by Crippen LogP contribution is 2.22. The predicted molar refractivity (Wildman–Crippen MR) is 88.1 cm³/mol. The number of amides is 1. The van der Waals surface area contributed by atoms with Gasteiger partial charge in [-0.15, -0.1) is 0 Å². The third-order valence-corrected chi connectivity index (χ3v) is 3.03. The first kappa shape index (κ1) is 17.3. The Kier molecular flexibility index (Phi) is 6.13. The number of oxime groups is 1. The normalized spacial score (nSPS) is 10.5. The van der Waals surface area contributed by atoms with Gasteiger partial charge in [0.05, 0.1) is 20.4 Å². The molecule has 0 aliphatic rings. The van der Waals surface area contributed by atoms with E-state index in [9.17, 15) is 9.18 Å². The van der Waals surface area contributed by atoms with Crippen LogP contribution in [0.5, 0.6) is 11.5 Å². The lowest BCUT2D eigenvalue weighted by Gasteiger charge is -2.07. The molecule has 2 rings (SSSR count). The van der Waals surface area contributed by atoms with Gasteiger partial charge in [0.1, 0.15) is 17.3 Å². The van der Waals surface area contributed by atoms with Gasteiger partial charge in [0, 0.05) is 11.3 Å². The van der Waals surface area contributed by atoms with Crippen LogP contribution in [0.15, 0.2) is 47.6 Å². The van der Waals surface area contributed by atoms with Gasteiger partial charge in [-0.2, -0.15) is 0 Å². The summed E-state index contributed by atoms with van der Waals surface area (Å²) in [5, 5.41) is 6.30. The Hall–Kier alpha value is -3.09. The monoisotopic (exact) mass is 332 g/mol. The summed E-state index contributed by atoms with van der Waals surface area (Å²) in [5.41, 5.74) is 1.12. The summed E-state index contributed by atoms with van der Waals surface area (Å²) < 4.78 is 23.1. The van der Waals surface area contributed by atoms with E-state index in [1.807, 2.05) is 0 Å². The van der Waals surface area contributed by atoms with E-state index in [1.165, 1.54) is 37.6 Å². The van der Waals surface area contributed by atoms with Gasteiger partial charge in [0.15, 0.2) is 6.61 Å². The van der Waals surface area contributed by atoms with Crippen molar-refractivity contribution in [3.05, 3.63) is 53.8 Å². The zero-order valence-electron chi connectivity index (χ0n) is 13.3. The van der Waals surface area contributed by atoms with E-state index in [4.69, 9.17) is 14.3 Å². The van der Waals surface area contributed by atoms with Crippen LogP contribution in [0.1, 0.15) is 5.56 Å². The Balaban J connectivity index is 1.88. The van der Waals surface area contributed by atoms with Crippen molar-refractivity contribution in [2.24, 2.45) is 5.16 Å². The lowest BCUT2D eigenvalue weighted by Crippen LogP contribution is -2.16. The molecular weight excluding hydrogens is 315 g/mol. The molecule has 0 unspecified atom stereocenters. The molecule has 0 radical (unpaired) electrons. The van der Waals surface area contributed by atoms with Crippen molar-refractivity contribution in [1.82, 2.24) is 0 Å². The van der Waals surface area contributed by atoms with Crippen molar-refractivity contribution in [2.75, 3.05) is 26.1 Å². The number of carbonyl (C=O) groups excluding carboxylic acids is 1. The van der Waals surface area contributed by atoms with Gasteiger partial charge in [-0.05, 0) is 42.5 Å². The van der Waals surface area contributed by atoms with Gasteiger partial charge in [-0.3, -0.25) is 4.79 Å². The van der Waals surface area contributed by atoms with Crippen LogP contribution in [0.2, 0.25) is 0 Å². The molecule has 126 valence electrons. The molecule has 0 aliphatic heterocycles. The van der Waals surface area contributed by atoms with Crippen molar-refractivity contribution in [1.29, 1.82) is 0 Å². The molecule has 0 bridgehead atoms. The fourth-order valence-corrected chi connectivity index (χ4v) is 1.86. The highest BCUT2D eigenvalue weighted by molar-refractivity contribution is 5.91. The third-order valence-electron chi connectivity index (χ3n) is 3.03. The topological polar surface area (TPSA) is 69.1 Å². The molecule has 0 aliphatic carbocycles. The fourth-order valence-electron chi connectivity index (χ4n) is 1.86. The van der Waals surface area contributed by atoms with Crippen LogP contribution in [0.4, 0.5) is 10.1 Å². The summed E-state index contributed by atoms with van der Waals surface area (Å²) in [5.74, 6) is 0.461. The summed E-state index contributed by atoms with van der Waals surface area (Å²) >= 11 is 0. The number of carbonyl (C=O) groups is 1. The molecule has 1 N–H and O–H groups in total.